The molecule has 0 aromatic rings. The molecule has 0 radical (unpaired) electrons. The molecule has 0 amide bonds. The summed E-state index contributed by atoms with van der Waals surface area (Å²) in [5.74, 6) is -0.280. The molecule has 0 heterocycles. The molecule has 0 saturated carbocycles. The second-order valence-electron chi connectivity index (χ2n) is 5.30. The van der Waals surface area contributed by atoms with Crippen molar-refractivity contribution >= 4 is 5.97 Å². The molecular weight excluding hydrogens is 284 g/mol. The van der Waals surface area contributed by atoms with Crippen molar-refractivity contribution in [2.45, 2.75) is 58.8 Å². The van der Waals surface area contributed by atoms with Gasteiger partial charge in [-0.1, -0.05) is 45.4 Å². The summed E-state index contributed by atoms with van der Waals surface area (Å²) < 4.78 is 20.9. The van der Waals surface area contributed by atoms with Crippen LogP contribution in [0.1, 0.15) is 58.8 Å². The maximum Gasteiger partial charge on any atom is 0.302 e. The molecule has 0 aromatic heterocycles. The van der Waals surface area contributed by atoms with Gasteiger partial charge in [-0.3, -0.25) is 4.79 Å². The van der Waals surface area contributed by atoms with Crippen molar-refractivity contribution in [3.8, 4) is 0 Å². The predicted octanol–water partition coefficient (Wildman–Crippen LogP) is 3.35. The largest absolute Gasteiger partial charge is 0.463 e. The zero-order valence-corrected chi connectivity index (χ0v) is 14.4. The maximum atomic E-state index is 10.5. The second kappa shape index (κ2) is 18.4. The topological polar surface area (TPSA) is 54.0 Å². The summed E-state index contributed by atoms with van der Waals surface area (Å²) in [6.07, 6.45) is 9.13. The van der Waals surface area contributed by atoms with Crippen LogP contribution in [0.25, 0.3) is 0 Å². The van der Waals surface area contributed by atoms with E-state index in [1.807, 2.05) is 0 Å². The number of rotatable bonds is 17. The van der Waals surface area contributed by atoms with Gasteiger partial charge in [0, 0.05) is 13.5 Å². The van der Waals surface area contributed by atoms with Gasteiger partial charge in [0.25, 0.3) is 0 Å². The van der Waals surface area contributed by atoms with E-state index in [0.717, 1.165) is 13.0 Å². The lowest BCUT2D eigenvalue weighted by atomic mass is 10.1. The highest BCUT2D eigenvalue weighted by Gasteiger charge is 1.95. The minimum Gasteiger partial charge on any atom is -0.463 e. The first-order valence-electron chi connectivity index (χ1n) is 8.64. The first-order chi connectivity index (χ1) is 10.8. The van der Waals surface area contributed by atoms with Gasteiger partial charge in [0.1, 0.15) is 6.61 Å². The fraction of sp³-hybridized carbons (Fsp3) is 0.941. The molecule has 5 heteroatoms. The van der Waals surface area contributed by atoms with E-state index in [2.05, 4.69) is 6.92 Å². The molecule has 0 fully saturated rings. The second-order valence-corrected chi connectivity index (χ2v) is 5.30. The lowest BCUT2D eigenvalue weighted by molar-refractivity contribution is -0.142. The minimum absolute atomic E-state index is 0.280. The first-order valence-corrected chi connectivity index (χ1v) is 8.64. The van der Waals surface area contributed by atoms with Crippen LogP contribution in [0.15, 0.2) is 0 Å². The fourth-order valence-corrected chi connectivity index (χ4v) is 1.95. The number of hydrogen-bond acceptors (Lipinski definition) is 5. The molecule has 0 aliphatic rings. The summed E-state index contributed by atoms with van der Waals surface area (Å²) in [6.45, 7) is 7.47. The molecule has 0 atom stereocenters. The molecule has 5 nitrogen and oxygen atoms in total. The number of hydrogen-bond donors (Lipinski definition) is 0. The van der Waals surface area contributed by atoms with Crippen LogP contribution in [0.2, 0.25) is 0 Å². The van der Waals surface area contributed by atoms with E-state index in [9.17, 15) is 4.79 Å². The number of carbonyl (C=O) groups excluding carboxylic acids is 1. The molecule has 0 aliphatic heterocycles. The quantitative estimate of drug-likeness (QED) is 0.304. The Kier molecular flexibility index (Phi) is 17.9. The Balaban J connectivity index is 2.95. The van der Waals surface area contributed by atoms with Crippen LogP contribution in [0, 0.1) is 0 Å². The molecule has 0 rings (SSSR count). The van der Waals surface area contributed by atoms with Crippen molar-refractivity contribution in [2.75, 3.05) is 46.2 Å². The fourth-order valence-electron chi connectivity index (χ4n) is 1.95. The van der Waals surface area contributed by atoms with E-state index >= 15 is 0 Å². The van der Waals surface area contributed by atoms with Crippen LogP contribution in [0.3, 0.4) is 0 Å². The van der Waals surface area contributed by atoms with Gasteiger partial charge in [0.05, 0.1) is 33.0 Å². The van der Waals surface area contributed by atoms with Crippen molar-refractivity contribution < 1.29 is 23.7 Å². The molecule has 0 spiro atoms. The van der Waals surface area contributed by atoms with E-state index in [0.29, 0.717) is 39.6 Å². The van der Waals surface area contributed by atoms with Crippen LogP contribution < -0.4 is 0 Å². The highest BCUT2D eigenvalue weighted by atomic mass is 16.6. The van der Waals surface area contributed by atoms with Crippen LogP contribution in [0.5, 0.6) is 0 Å². The molecule has 0 unspecified atom stereocenters. The average Bonchev–Trinajstić information content (AvgIpc) is 2.50. The van der Waals surface area contributed by atoms with E-state index in [-0.39, 0.29) is 5.97 Å². The standard InChI is InChI=1S/C17H34O5/c1-3-4-5-6-7-8-9-10-19-11-12-20-13-14-21-15-16-22-17(2)18/h3-16H2,1-2H3. The smallest absolute Gasteiger partial charge is 0.302 e. The Morgan fingerprint density at radius 2 is 1.09 bits per heavy atom. The lowest BCUT2D eigenvalue weighted by Gasteiger charge is -2.07. The first kappa shape index (κ1) is 21.4. The summed E-state index contributed by atoms with van der Waals surface area (Å²) in [5.41, 5.74) is 0. The summed E-state index contributed by atoms with van der Waals surface area (Å²) in [6, 6.07) is 0. The Bertz CT molecular complexity index is 233. The average molecular weight is 318 g/mol. The van der Waals surface area contributed by atoms with Crippen LogP contribution in [-0.4, -0.2) is 52.2 Å². The summed E-state index contributed by atoms with van der Waals surface area (Å²) in [7, 11) is 0. The van der Waals surface area contributed by atoms with Gasteiger partial charge < -0.3 is 18.9 Å². The molecule has 0 aliphatic carbocycles. The Hall–Kier alpha value is -0.650. The van der Waals surface area contributed by atoms with Gasteiger partial charge in [-0.2, -0.15) is 0 Å². The highest BCUT2D eigenvalue weighted by molar-refractivity contribution is 5.65. The molecule has 132 valence electrons. The van der Waals surface area contributed by atoms with E-state index in [4.69, 9.17) is 18.9 Å². The number of carbonyl (C=O) groups is 1. The van der Waals surface area contributed by atoms with Crippen LogP contribution in [-0.2, 0) is 23.7 Å². The highest BCUT2D eigenvalue weighted by Crippen LogP contribution is 2.06. The van der Waals surface area contributed by atoms with Gasteiger partial charge in [0.15, 0.2) is 0 Å². The summed E-state index contributed by atoms with van der Waals surface area (Å²) in [5, 5.41) is 0. The maximum absolute atomic E-state index is 10.5. The van der Waals surface area contributed by atoms with Crippen molar-refractivity contribution in [1.82, 2.24) is 0 Å². The molecular formula is C17H34O5. The third-order valence-corrected chi connectivity index (χ3v) is 3.17. The monoisotopic (exact) mass is 318 g/mol. The third kappa shape index (κ3) is 19.4. The molecule has 0 N–H and O–H groups in total. The Morgan fingerprint density at radius 1 is 0.636 bits per heavy atom. The van der Waals surface area contributed by atoms with E-state index < -0.39 is 0 Å². The number of esters is 1. The van der Waals surface area contributed by atoms with Crippen molar-refractivity contribution in [2.24, 2.45) is 0 Å². The summed E-state index contributed by atoms with van der Waals surface area (Å²) >= 11 is 0. The minimum atomic E-state index is -0.280. The van der Waals surface area contributed by atoms with E-state index in [1.54, 1.807) is 0 Å². The van der Waals surface area contributed by atoms with E-state index in [1.165, 1.54) is 45.4 Å². The van der Waals surface area contributed by atoms with Crippen molar-refractivity contribution in [3.63, 3.8) is 0 Å². The van der Waals surface area contributed by atoms with Gasteiger partial charge in [-0.15, -0.1) is 0 Å². The normalized spacial score (nSPS) is 10.8. The Labute approximate surface area is 135 Å². The number of unbranched alkanes of at least 4 members (excludes halogenated alkanes) is 6. The molecule has 0 aromatic carbocycles. The lowest BCUT2D eigenvalue weighted by Crippen LogP contribution is -2.13. The SMILES string of the molecule is CCCCCCCCCOCCOCCOCCOC(C)=O. The zero-order chi connectivity index (χ0) is 16.3. The third-order valence-electron chi connectivity index (χ3n) is 3.17. The van der Waals surface area contributed by atoms with Gasteiger partial charge in [-0.05, 0) is 6.42 Å². The molecule has 22 heavy (non-hydrogen) atoms. The van der Waals surface area contributed by atoms with Gasteiger partial charge in [-0.25, -0.2) is 0 Å². The molecule has 0 bridgehead atoms. The van der Waals surface area contributed by atoms with Crippen molar-refractivity contribution in [1.29, 1.82) is 0 Å². The van der Waals surface area contributed by atoms with Gasteiger partial charge in [0.2, 0.25) is 0 Å². The van der Waals surface area contributed by atoms with Crippen molar-refractivity contribution in [3.05, 3.63) is 0 Å². The Morgan fingerprint density at radius 3 is 1.64 bits per heavy atom. The number of ether oxygens (including phenoxy) is 4. The molecule has 0 saturated heterocycles. The van der Waals surface area contributed by atoms with Crippen LogP contribution >= 0.6 is 0 Å². The van der Waals surface area contributed by atoms with Gasteiger partial charge >= 0.3 is 5.97 Å². The predicted molar refractivity (Wildman–Crippen MR) is 87.1 cm³/mol. The summed E-state index contributed by atoms with van der Waals surface area (Å²) in [4.78, 5) is 10.5. The van der Waals surface area contributed by atoms with Crippen LogP contribution in [0.4, 0.5) is 0 Å². The zero-order valence-electron chi connectivity index (χ0n) is 14.4.